The van der Waals surface area contributed by atoms with Gasteiger partial charge in [0.2, 0.25) is 0 Å². The van der Waals surface area contributed by atoms with Gasteiger partial charge >= 0.3 is 24.7 Å². The highest BCUT2D eigenvalue weighted by atomic mass is 19.4. The van der Waals surface area contributed by atoms with Crippen LogP contribution in [0.4, 0.5) is 58.5 Å². The van der Waals surface area contributed by atoms with E-state index in [9.17, 15) is 52.7 Å². The molecule has 0 bridgehead atoms. The van der Waals surface area contributed by atoms with Crippen molar-refractivity contribution in [1.82, 2.24) is 4.98 Å². The van der Waals surface area contributed by atoms with Crippen molar-refractivity contribution in [2.75, 3.05) is 18.0 Å². The summed E-state index contributed by atoms with van der Waals surface area (Å²) in [6.45, 7) is -3.03. The highest BCUT2D eigenvalue weighted by molar-refractivity contribution is 5.48. The van der Waals surface area contributed by atoms with Crippen LogP contribution in [0.15, 0.2) is 30.3 Å². The SMILES string of the molecule is OCc1ccc(N2CCC(c3cc(C(F)(F)F)cc(C(F)(F)F)c3)(C(F)(F)F)C2)nc1C(F)(F)F. The number of halogens is 12. The van der Waals surface area contributed by atoms with Crippen molar-refractivity contribution >= 4 is 5.82 Å². The van der Waals surface area contributed by atoms with E-state index in [0.717, 1.165) is 12.1 Å². The van der Waals surface area contributed by atoms with Crippen molar-refractivity contribution in [1.29, 1.82) is 0 Å². The molecule has 1 fully saturated rings. The second-order valence-corrected chi connectivity index (χ2v) is 7.88. The zero-order valence-electron chi connectivity index (χ0n) is 17.1. The maximum Gasteiger partial charge on any atom is 0.433 e. The van der Waals surface area contributed by atoms with E-state index in [4.69, 9.17) is 5.11 Å². The summed E-state index contributed by atoms with van der Waals surface area (Å²) in [4.78, 5) is 3.96. The van der Waals surface area contributed by atoms with Gasteiger partial charge in [-0.3, -0.25) is 0 Å². The van der Waals surface area contributed by atoms with Crippen molar-refractivity contribution in [2.45, 2.75) is 43.1 Å². The van der Waals surface area contributed by atoms with Gasteiger partial charge in [0.25, 0.3) is 0 Å². The molecule has 0 amide bonds. The Kier molecular flexibility index (Phi) is 6.49. The summed E-state index contributed by atoms with van der Waals surface area (Å²) < 4.78 is 162. The van der Waals surface area contributed by atoms with E-state index in [0.29, 0.717) is 4.90 Å². The topological polar surface area (TPSA) is 36.4 Å². The smallest absolute Gasteiger partial charge is 0.392 e. The summed E-state index contributed by atoms with van der Waals surface area (Å²) in [5.41, 5.74) is -10.7. The minimum atomic E-state index is -5.40. The van der Waals surface area contributed by atoms with Crippen LogP contribution in [0, 0.1) is 0 Å². The van der Waals surface area contributed by atoms with E-state index in [1.165, 1.54) is 0 Å². The van der Waals surface area contributed by atoms with Crippen LogP contribution in [0.2, 0.25) is 0 Å². The van der Waals surface area contributed by atoms with E-state index >= 15 is 0 Å². The summed E-state index contributed by atoms with van der Waals surface area (Å²) in [7, 11) is 0. The molecule has 2 aromatic rings. The maximum atomic E-state index is 14.2. The van der Waals surface area contributed by atoms with Gasteiger partial charge in [-0.1, -0.05) is 6.07 Å². The number of aromatic nitrogens is 1. The molecular formula is C20H14F12N2O. The Morgan fingerprint density at radius 3 is 1.77 bits per heavy atom. The first-order valence-corrected chi connectivity index (χ1v) is 9.59. The van der Waals surface area contributed by atoms with Crippen molar-refractivity contribution in [2.24, 2.45) is 0 Å². The van der Waals surface area contributed by atoms with E-state index in [1.54, 1.807) is 0 Å². The Hall–Kier alpha value is -2.71. The van der Waals surface area contributed by atoms with Crippen LogP contribution in [0.1, 0.15) is 34.4 Å². The number of rotatable bonds is 3. The normalized spacial score (nSPS) is 20.0. The molecule has 3 nitrogen and oxygen atoms in total. The monoisotopic (exact) mass is 526 g/mol. The molecule has 2 heterocycles. The van der Waals surface area contributed by atoms with Gasteiger partial charge in [-0.2, -0.15) is 52.7 Å². The highest BCUT2D eigenvalue weighted by Crippen LogP contribution is 2.50. The molecule has 1 N–H and O–H groups in total. The quantitative estimate of drug-likeness (QED) is 0.475. The van der Waals surface area contributed by atoms with Crippen molar-refractivity contribution in [3.63, 3.8) is 0 Å². The predicted octanol–water partition coefficient (Wildman–Crippen LogP) is 6.34. The molecular weight excluding hydrogens is 512 g/mol. The minimum absolute atomic E-state index is 0.0321. The van der Waals surface area contributed by atoms with Gasteiger partial charge in [-0.25, -0.2) is 4.98 Å². The molecule has 194 valence electrons. The highest BCUT2D eigenvalue weighted by Gasteiger charge is 2.60. The van der Waals surface area contributed by atoms with E-state index in [1.807, 2.05) is 0 Å². The average Bonchev–Trinajstić information content (AvgIpc) is 3.18. The van der Waals surface area contributed by atoms with Crippen molar-refractivity contribution < 1.29 is 57.8 Å². The standard InChI is InChI=1S/C20H14F12N2O/c21-17(22,23)12-5-11(6-13(7-12)18(24,25)26)16(20(30,31)32)3-4-34(9-16)14-2-1-10(8-35)15(33-14)19(27,28)29/h1-2,5-7,35H,3-4,8-9H2. The Morgan fingerprint density at radius 2 is 1.34 bits per heavy atom. The Balaban J connectivity index is 2.15. The van der Waals surface area contributed by atoms with Crippen LogP contribution in [0.3, 0.4) is 0 Å². The number of benzene rings is 1. The molecule has 3 rings (SSSR count). The lowest BCUT2D eigenvalue weighted by molar-refractivity contribution is -0.185. The molecule has 1 aromatic carbocycles. The van der Waals surface area contributed by atoms with Crippen molar-refractivity contribution in [3.8, 4) is 0 Å². The van der Waals surface area contributed by atoms with Gasteiger partial charge in [0.05, 0.1) is 17.7 Å². The van der Waals surface area contributed by atoms with Gasteiger partial charge in [-0.15, -0.1) is 0 Å². The lowest BCUT2D eigenvalue weighted by Gasteiger charge is -2.33. The zero-order valence-corrected chi connectivity index (χ0v) is 17.1. The Labute approximate surface area is 189 Å². The largest absolute Gasteiger partial charge is 0.433 e. The fourth-order valence-corrected chi connectivity index (χ4v) is 3.89. The summed E-state index contributed by atoms with van der Waals surface area (Å²) in [5, 5.41) is 9.07. The molecule has 35 heavy (non-hydrogen) atoms. The van der Waals surface area contributed by atoms with E-state index in [2.05, 4.69) is 4.98 Å². The summed E-state index contributed by atoms with van der Waals surface area (Å²) >= 11 is 0. The second kappa shape index (κ2) is 8.45. The molecule has 0 saturated carbocycles. The molecule has 15 heteroatoms. The first-order chi connectivity index (χ1) is 15.8. The lowest BCUT2D eigenvalue weighted by atomic mass is 9.77. The summed E-state index contributed by atoms with van der Waals surface area (Å²) in [5.74, 6) is -0.635. The third-order valence-corrected chi connectivity index (χ3v) is 5.68. The maximum absolute atomic E-state index is 14.2. The van der Waals surface area contributed by atoms with Crippen LogP contribution in [-0.2, 0) is 30.6 Å². The number of anilines is 1. The van der Waals surface area contributed by atoms with Crippen LogP contribution in [-0.4, -0.2) is 29.4 Å². The van der Waals surface area contributed by atoms with Gasteiger partial charge in [-0.05, 0) is 36.2 Å². The second-order valence-electron chi connectivity index (χ2n) is 7.88. The first kappa shape index (κ1) is 26.9. The molecule has 0 aliphatic carbocycles. The predicted molar refractivity (Wildman–Crippen MR) is 96.2 cm³/mol. The molecule has 1 aliphatic heterocycles. The zero-order chi connectivity index (χ0) is 26.6. The number of nitrogens with zero attached hydrogens (tertiary/aromatic N) is 2. The summed E-state index contributed by atoms with van der Waals surface area (Å²) in [6.07, 6.45) is -22.3. The molecule has 1 unspecified atom stereocenters. The molecule has 1 atom stereocenters. The van der Waals surface area contributed by atoms with Crippen LogP contribution in [0.5, 0.6) is 0 Å². The van der Waals surface area contributed by atoms with E-state index in [-0.39, 0.29) is 18.2 Å². The molecule has 0 radical (unpaired) electrons. The number of pyridine rings is 1. The lowest BCUT2D eigenvalue weighted by Crippen LogP contribution is -2.45. The average molecular weight is 526 g/mol. The fraction of sp³-hybridized carbons (Fsp3) is 0.450. The Morgan fingerprint density at radius 1 is 0.800 bits per heavy atom. The number of hydrogen-bond donors (Lipinski definition) is 1. The number of aliphatic hydroxyl groups is 1. The molecule has 1 saturated heterocycles. The van der Waals surface area contributed by atoms with Crippen molar-refractivity contribution in [3.05, 3.63) is 58.3 Å². The number of alkyl halides is 12. The number of aliphatic hydroxyl groups excluding tert-OH is 1. The fourth-order valence-electron chi connectivity index (χ4n) is 3.89. The van der Waals surface area contributed by atoms with Gasteiger partial charge in [0, 0.05) is 18.7 Å². The van der Waals surface area contributed by atoms with Crippen LogP contribution < -0.4 is 4.90 Å². The molecule has 0 spiro atoms. The molecule has 1 aliphatic rings. The minimum Gasteiger partial charge on any atom is -0.392 e. The van der Waals surface area contributed by atoms with Crippen LogP contribution >= 0.6 is 0 Å². The van der Waals surface area contributed by atoms with Crippen LogP contribution in [0.25, 0.3) is 0 Å². The van der Waals surface area contributed by atoms with Gasteiger partial charge < -0.3 is 10.0 Å². The summed E-state index contributed by atoms with van der Waals surface area (Å²) in [6, 6.07) is 1.27. The van der Waals surface area contributed by atoms with Gasteiger partial charge in [0.15, 0.2) is 5.69 Å². The van der Waals surface area contributed by atoms with Gasteiger partial charge in [0.1, 0.15) is 11.2 Å². The molecule has 1 aromatic heterocycles. The Bertz CT molecular complexity index is 1060. The third kappa shape index (κ3) is 5.14. The van der Waals surface area contributed by atoms with E-state index < -0.39 is 90.0 Å². The first-order valence-electron chi connectivity index (χ1n) is 9.59. The third-order valence-electron chi connectivity index (χ3n) is 5.68. The number of hydrogen-bond acceptors (Lipinski definition) is 3.